The Balaban J connectivity index is 1.74. The highest BCUT2D eigenvalue weighted by Crippen LogP contribution is 2.31. The summed E-state index contributed by atoms with van der Waals surface area (Å²) in [5, 5.41) is -0.312. The zero-order chi connectivity index (χ0) is 27.3. The minimum absolute atomic E-state index is 0.135. The molecule has 10 heteroatoms. The number of para-hydroxylation sites is 1. The van der Waals surface area contributed by atoms with Crippen molar-refractivity contribution in [1.29, 1.82) is 0 Å². The van der Waals surface area contributed by atoms with Crippen molar-refractivity contribution in [2.45, 2.75) is 25.8 Å². The largest absolute Gasteiger partial charge is 0.493 e. The van der Waals surface area contributed by atoms with Gasteiger partial charge in [-0.2, -0.15) is 8.42 Å². The summed E-state index contributed by atoms with van der Waals surface area (Å²) in [6.45, 7) is 6.18. The third-order valence-corrected chi connectivity index (χ3v) is 6.54. The lowest BCUT2D eigenvalue weighted by Crippen LogP contribution is -2.31. The van der Waals surface area contributed by atoms with Crippen molar-refractivity contribution in [1.82, 2.24) is 14.7 Å². The molecule has 0 saturated heterocycles. The number of hydrogen-bond donors (Lipinski definition) is 1. The highest BCUT2D eigenvalue weighted by Gasteiger charge is 2.24. The predicted octanol–water partition coefficient (Wildman–Crippen LogP) is 5.54. The number of carbonyl (C=O) groups excluding carboxylic acids is 1. The molecule has 196 valence electrons. The molecule has 0 atom stereocenters. The summed E-state index contributed by atoms with van der Waals surface area (Å²) < 4.78 is 53.5. The first-order chi connectivity index (χ1) is 18.1. The topological polar surface area (TPSA) is 107 Å². The minimum Gasteiger partial charge on any atom is -0.493 e. The second kappa shape index (κ2) is 11.4. The first-order valence-electron chi connectivity index (χ1n) is 11.8. The first-order valence-corrected chi connectivity index (χ1v) is 13.3. The lowest BCUT2D eigenvalue weighted by Gasteiger charge is -2.14. The molecule has 0 spiro atoms. The van der Waals surface area contributed by atoms with Crippen LogP contribution in [-0.2, 0) is 10.0 Å². The lowest BCUT2D eigenvalue weighted by atomic mass is 10.1. The van der Waals surface area contributed by atoms with Gasteiger partial charge in [-0.05, 0) is 60.9 Å². The number of amides is 1. The molecule has 2 aromatic carbocycles. The van der Waals surface area contributed by atoms with E-state index in [-0.39, 0.29) is 22.4 Å². The van der Waals surface area contributed by atoms with Gasteiger partial charge >= 0.3 is 0 Å². The van der Waals surface area contributed by atoms with E-state index in [1.807, 2.05) is 37.6 Å². The van der Waals surface area contributed by atoms with Crippen LogP contribution in [0, 0.1) is 18.7 Å². The van der Waals surface area contributed by atoms with Gasteiger partial charge in [-0.1, -0.05) is 38.1 Å². The Hall–Kier alpha value is -4.31. The van der Waals surface area contributed by atoms with Gasteiger partial charge in [-0.25, -0.2) is 19.1 Å². The molecule has 0 aliphatic carbocycles. The summed E-state index contributed by atoms with van der Waals surface area (Å²) in [6, 6.07) is 18.5. The zero-order valence-corrected chi connectivity index (χ0v) is 21.8. The summed E-state index contributed by atoms with van der Waals surface area (Å²) in [5.41, 5.74) is 1.32. The number of carbonyl (C=O) groups is 1. The van der Waals surface area contributed by atoms with E-state index >= 15 is 0 Å². The van der Waals surface area contributed by atoms with Crippen molar-refractivity contribution in [2.75, 3.05) is 6.61 Å². The zero-order valence-electron chi connectivity index (χ0n) is 21.0. The Kier molecular flexibility index (Phi) is 8.02. The fourth-order valence-corrected chi connectivity index (χ4v) is 4.34. The molecule has 0 aliphatic rings. The first kappa shape index (κ1) is 26.7. The van der Waals surface area contributed by atoms with Crippen LogP contribution in [0.5, 0.6) is 17.4 Å². The average Bonchev–Trinajstić information content (AvgIpc) is 2.88. The number of nitrogens with one attached hydrogen (secondary N) is 1. The summed E-state index contributed by atoms with van der Waals surface area (Å²) in [6.07, 6.45) is 1.31. The maximum Gasteiger partial charge on any atom is 0.281 e. The maximum atomic E-state index is 14.4. The number of aromatic nitrogens is 2. The predicted molar refractivity (Wildman–Crippen MR) is 140 cm³/mol. The van der Waals surface area contributed by atoms with Crippen LogP contribution >= 0.6 is 0 Å². The van der Waals surface area contributed by atoms with Crippen molar-refractivity contribution in [3.8, 4) is 28.6 Å². The molecule has 2 heterocycles. The Morgan fingerprint density at radius 2 is 1.79 bits per heavy atom. The maximum absolute atomic E-state index is 14.4. The SMILES string of the molecule is Cc1ccccc1Oc1nc(-c2cc(F)cc(OCC(C)C)c2)ccc1C(=O)NS(=O)(=O)c1ccccn1. The number of aryl methyl sites for hydroxylation is 1. The van der Waals surface area contributed by atoms with Crippen molar-refractivity contribution in [2.24, 2.45) is 5.92 Å². The summed E-state index contributed by atoms with van der Waals surface area (Å²) in [5.74, 6) is -0.640. The van der Waals surface area contributed by atoms with E-state index in [9.17, 15) is 17.6 Å². The van der Waals surface area contributed by atoms with E-state index < -0.39 is 21.7 Å². The van der Waals surface area contributed by atoms with Gasteiger partial charge in [0.05, 0.1) is 12.3 Å². The monoisotopic (exact) mass is 535 g/mol. The highest BCUT2D eigenvalue weighted by atomic mass is 32.2. The molecule has 8 nitrogen and oxygen atoms in total. The fourth-order valence-electron chi connectivity index (χ4n) is 3.42. The molecular formula is C28H26FN3O5S. The molecule has 1 amide bonds. The van der Waals surface area contributed by atoms with Gasteiger partial charge in [-0.15, -0.1) is 0 Å². The van der Waals surface area contributed by atoms with Gasteiger partial charge < -0.3 is 9.47 Å². The number of sulfonamides is 1. The molecular weight excluding hydrogens is 509 g/mol. The van der Waals surface area contributed by atoms with Gasteiger partial charge in [-0.3, -0.25) is 4.79 Å². The van der Waals surface area contributed by atoms with Crippen molar-refractivity contribution in [3.05, 3.63) is 95.9 Å². The van der Waals surface area contributed by atoms with Crippen LogP contribution in [-0.4, -0.2) is 30.9 Å². The number of pyridine rings is 2. The van der Waals surface area contributed by atoms with Crippen molar-refractivity contribution in [3.63, 3.8) is 0 Å². The summed E-state index contributed by atoms with van der Waals surface area (Å²) in [4.78, 5) is 21.4. The minimum atomic E-state index is -4.25. The van der Waals surface area contributed by atoms with Crippen molar-refractivity contribution >= 4 is 15.9 Å². The Labute approximate surface area is 220 Å². The highest BCUT2D eigenvalue weighted by molar-refractivity contribution is 7.90. The smallest absolute Gasteiger partial charge is 0.281 e. The molecule has 0 radical (unpaired) electrons. The van der Waals surface area contributed by atoms with E-state index in [0.29, 0.717) is 29.4 Å². The van der Waals surface area contributed by atoms with Gasteiger partial charge in [0.2, 0.25) is 5.88 Å². The number of hydrogen-bond acceptors (Lipinski definition) is 7. The molecule has 4 aromatic rings. The third-order valence-electron chi connectivity index (χ3n) is 5.30. The van der Waals surface area contributed by atoms with E-state index in [1.165, 1.54) is 42.6 Å². The fraction of sp³-hybridized carbons (Fsp3) is 0.179. The molecule has 4 rings (SSSR count). The van der Waals surface area contributed by atoms with Crippen LogP contribution in [0.1, 0.15) is 29.8 Å². The van der Waals surface area contributed by atoms with Crippen LogP contribution in [0.4, 0.5) is 4.39 Å². The number of halogens is 1. The Bertz CT molecular complexity index is 1560. The van der Waals surface area contributed by atoms with Crippen LogP contribution in [0.3, 0.4) is 0 Å². The molecule has 0 aliphatic heterocycles. The van der Waals surface area contributed by atoms with Gasteiger partial charge in [0.25, 0.3) is 15.9 Å². The molecule has 1 N–H and O–H groups in total. The van der Waals surface area contributed by atoms with E-state index in [1.54, 1.807) is 24.3 Å². The van der Waals surface area contributed by atoms with E-state index in [0.717, 1.165) is 5.56 Å². The van der Waals surface area contributed by atoms with Gasteiger partial charge in [0.15, 0.2) is 5.03 Å². The normalized spacial score (nSPS) is 11.3. The molecule has 38 heavy (non-hydrogen) atoms. The average molecular weight is 536 g/mol. The van der Waals surface area contributed by atoms with Crippen LogP contribution < -0.4 is 14.2 Å². The Morgan fingerprint density at radius 1 is 1.03 bits per heavy atom. The van der Waals surface area contributed by atoms with Crippen LogP contribution in [0.25, 0.3) is 11.3 Å². The van der Waals surface area contributed by atoms with Gasteiger partial charge in [0.1, 0.15) is 22.9 Å². The molecule has 2 aromatic heterocycles. The van der Waals surface area contributed by atoms with Crippen molar-refractivity contribution < 1.29 is 27.1 Å². The quantitative estimate of drug-likeness (QED) is 0.300. The number of benzene rings is 2. The summed E-state index contributed by atoms with van der Waals surface area (Å²) in [7, 11) is -4.25. The van der Waals surface area contributed by atoms with Gasteiger partial charge in [0, 0.05) is 17.8 Å². The lowest BCUT2D eigenvalue weighted by molar-refractivity contribution is 0.0978. The number of ether oxygens (including phenoxy) is 2. The summed E-state index contributed by atoms with van der Waals surface area (Å²) >= 11 is 0. The molecule has 0 bridgehead atoms. The van der Waals surface area contributed by atoms with Crippen LogP contribution in [0.2, 0.25) is 0 Å². The second-order valence-electron chi connectivity index (χ2n) is 8.90. The Morgan fingerprint density at radius 3 is 2.50 bits per heavy atom. The molecule has 0 unspecified atom stereocenters. The second-order valence-corrected chi connectivity index (χ2v) is 10.5. The standard InChI is InChI=1S/C28H26FN3O5S/c1-18(2)17-36-22-15-20(14-21(29)16-22)24-12-11-23(28(31-24)37-25-9-5-4-8-19(25)3)27(33)32-38(34,35)26-10-6-7-13-30-26/h4-16,18H,17H2,1-3H3,(H,32,33). The third kappa shape index (κ3) is 6.51. The van der Waals surface area contributed by atoms with Crippen LogP contribution in [0.15, 0.2) is 84.0 Å². The number of nitrogens with zero attached hydrogens (tertiary/aromatic N) is 2. The molecule has 0 saturated carbocycles. The van der Waals surface area contributed by atoms with E-state index in [2.05, 4.69) is 9.97 Å². The molecule has 0 fully saturated rings. The number of rotatable bonds is 9. The van der Waals surface area contributed by atoms with E-state index in [4.69, 9.17) is 9.47 Å².